The summed E-state index contributed by atoms with van der Waals surface area (Å²) in [6, 6.07) is 15.3. The number of nitrogens with two attached hydrogens (primary N) is 1. The van der Waals surface area contributed by atoms with Crippen LogP contribution in [-0.2, 0) is 11.2 Å². The van der Waals surface area contributed by atoms with Gasteiger partial charge in [-0.1, -0.05) is 30.3 Å². The number of amides is 2. The zero-order valence-electron chi connectivity index (χ0n) is 17.3. The Morgan fingerprint density at radius 3 is 2.77 bits per heavy atom. The van der Waals surface area contributed by atoms with Crippen molar-refractivity contribution in [2.45, 2.75) is 25.3 Å². The average Bonchev–Trinajstić information content (AvgIpc) is 3.12. The van der Waals surface area contributed by atoms with E-state index in [0.717, 1.165) is 23.6 Å². The van der Waals surface area contributed by atoms with Crippen LogP contribution in [0.25, 0.3) is 10.8 Å². The summed E-state index contributed by atoms with van der Waals surface area (Å²) >= 11 is 0. The van der Waals surface area contributed by atoms with Crippen LogP contribution < -0.4 is 20.5 Å². The van der Waals surface area contributed by atoms with Gasteiger partial charge in [-0.15, -0.1) is 0 Å². The third kappa shape index (κ3) is 4.60. The molecule has 7 heteroatoms. The minimum Gasteiger partial charge on any atom is -0.496 e. The largest absolute Gasteiger partial charge is 0.496 e. The zero-order chi connectivity index (χ0) is 21.8. The molecule has 0 saturated carbocycles. The number of fused-ring (bicyclic) bond motifs is 1. The minimum absolute atomic E-state index is 0.0143. The number of aromatic nitrogens is 1. The smallest absolute Gasteiger partial charge is 0.252 e. The molecule has 1 aliphatic heterocycles. The summed E-state index contributed by atoms with van der Waals surface area (Å²) in [4.78, 5) is 28.3. The lowest BCUT2D eigenvalue weighted by Gasteiger charge is -2.13. The molecular formula is C24H25N3O4. The molecule has 31 heavy (non-hydrogen) atoms. The van der Waals surface area contributed by atoms with E-state index < -0.39 is 5.91 Å². The van der Waals surface area contributed by atoms with Crippen molar-refractivity contribution in [3.8, 4) is 11.6 Å². The van der Waals surface area contributed by atoms with E-state index in [4.69, 9.17) is 15.2 Å². The van der Waals surface area contributed by atoms with Gasteiger partial charge in [-0.2, -0.15) is 0 Å². The summed E-state index contributed by atoms with van der Waals surface area (Å²) in [6.45, 7) is 0.412. The van der Waals surface area contributed by atoms with E-state index in [1.54, 1.807) is 24.4 Å². The molecule has 2 aromatic carbocycles. The fraction of sp³-hybridized carbons (Fsp3) is 0.292. The Balaban J connectivity index is 1.39. The highest BCUT2D eigenvalue weighted by molar-refractivity contribution is 6.01. The normalized spacial score (nSPS) is 18.0. The molecule has 3 aromatic rings. The van der Waals surface area contributed by atoms with Gasteiger partial charge in [-0.25, -0.2) is 4.98 Å². The van der Waals surface area contributed by atoms with Gasteiger partial charge >= 0.3 is 0 Å². The summed E-state index contributed by atoms with van der Waals surface area (Å²) in [7, 11) is 1.49. The Labute approximate surface area is 180 Å². The van der Waals surface area contributed by atoms with Gasteiger partial charge in [0.2, 0.25) is 11.8 Å². The zero-order valence-corrected chi connectivity index (χ0v) is 17.3. The molecular weight excluding hydrogens is 394 g/mol. The van der Waals surface area contributed by atoms with Crippen LogP contribution >= 0.6 is 0 Å². The Morgan fingerprint density at radius 2 is 2.03 bits per heavy atom. The number of carbonyl (C=O) groups is 2. The molecule has 160 valence electrons. The van der Waals surface area contributed by atoms with Crippen LogP contribution in [0, 0.1) is 5.92 Å². The van der Waals surface area contributed by atoms with Crippen molar-refractivity contribution in [3.63, 3.8) is 0 Å². The van der Waals surface area contributed by atoms with Gasteiger partial charge in [-0.05, 0) is 42.0 Å². The van der Waals surface area contributed by atoms with Crippen molar-refractivity contribution >= 4 is 22.6 Å². The fourth-order valence-corrected chi connectivity index (χ4v) is 4.04. The molecule has 0 bridgehead atoms. The van der Waals surface area contributed by atoms with Crippen molar-refractivity contribution in [1.82, 2.24) is 10.3 Å². The maximum Gasteiger partial charge on any atom is 0.252 e. The number of nitrogens with one attached hydrogen (secondary N) is 1. The van der Waals surface area contributed by atoms with E-state index in [2.05, 4.69) is 10.3 Å². The molecule has 1 fully saturated rings. The van der Waals surface area contributed by atoms with E-state index >= 15 is 0 Å². The van der Waals surface area contributed by atoms with Gasteiger partial charge in [0, 0.05) is 30.0 Å². The van der Waals surface area contributed by atoms with Crippen molar-refractivity contribution in [2.24, 2.45) is 11.7 Å². The molecule has 2 amide bonds. The molecule has 0 spiro atoms. The van der Waals surface area contributed by atoms with Crippen molar-refractivity contribution in [2.75, 3.05) is 13.7 Å². The van der Waals surface area contributed by atoms with Crippen LogP contribution in [-0.4, -0.2) is 36.6 Å². The maximum atomic E-state index is 12.3. The molecule has 4 rings (SSSR count). The minimum atomic E-state index is -0.555. The van der Waals surface area contributed by atoms with Gasteiger partial charge in [0.15, 0.2) is 0 Å². The summed E-state index contributed by atoms with van der Waals surface area (Å²) in [5.41, 5.74) is 6.92. The lowest BCUT2D eigenvalue weighted by atomic mass is 9.95. The summed E-state index contributed by atoms with van der Waals surface area (Å²) in [5, 5.41) is 4.60. The first kappa shape index (κ1) is 20.7. The summed E-state index contributed by atoms with van der Waals surface area (Å²) < 4.78 is 11.2. The predicted molar refractivity (Wildman–Crippen MR) is 117 cm³/mol. The van der Waals surface area contributed by atoms with Crippen LogP contribution in [0.3, 0.4) is 0 Å². The second-order valence-corrected chi connectivity index (χ2v) is 7.72. The number of ether oxygens (including phenoxy) is 2. The molecule has 0 radical (unpaired) electrons. The predicted octanol–water partition coefficient (Wildman–Crippen LogP) is 2.86. The third-order valence-corrected chi connectivity index (χ3v) is 5.63. The molecule has 3 N–H and O–H groups in total. The number of rotatable bonds is 8. The van der Waals surface area contributed by atoms with E-state index in [9.17, 15) is 9.59 Å². The summed E-state index contributed by atoms with van der Waals surface area (Å²) in [5.74, 6) is 0.363. The number of pyridine rings is 1. The molecule has 1 aliphatic rings. The van der Waals surface area contributed by atoms with Gasteiger partial charge in [0.1, 0.15) is 5.75 Å². The van der Waals surface area contributed by atoms with Crippen molar-refractivity contribution < 1.29 is 19.1 Å². The molecule has 1 saturated heterocycles. The van der Waals surface area contributed by atoms with E-state index in [1.165, 1.54) is 12.7 Å². The number of nitrogens with zero attached hydrogens (tertiary/aromatic N) is 1. The van der Waals surface area contributed by atoms with E-state index in [0.29, 0.717) is 30.2 Å². The highest BCUT2D eigenvalue weighted by atomic mass is 16.5. The first-order valence-corrected chi connectivity index (χ1v) is 10.3. The maximum absolute atomic E-state index is 12.3. The second-order valence-electron chi connectivity index (χ2n) is 7.72. The number of primary amides is 1. The number of benzene rings is 2. The Morgan fingerprint density at radius 1 is 1.23 bits per heavy atom. The Kier molecular flexibility index (Phi) is 6.02. The molecule has 0 aliphatic carbocycles. The van der Waals surface area contributed by atoms with E-state index in [-0.39, 0.29) is 17.9 Å². The van der Waals surface area contributed by atoms with Crippen LogP contribution in [0.15, 0.2) is 54.7 Å². The molecule has 2 heterocycles. The first-order valence-electron chi connectivity index (χ1n) is 10.3. The summed E-state index contributed by atoms with van der Waals surface area (Å²) in [6.07, 6.45) is 3.85. The molecule has 1 unspecified atom stereocenters. The third-order valence-electron chi connectivity index (χ3n) is 5.63. The quantitative estimate of drug-likeness (QED) is 0.584. The highest BCUT2D eigenvalue weighted by Crippen LogP contribution is 2.31. The Hall–Kier alpha value is -3.61. The number of hydrogen-bond donors (Lipinski definition) is 2. The van der Waals surface area contributed by atoms with Gasteiger partial charge in [0.25, 0.3) is 5.91 Å². The van der Waals surface area contributed by atoms with Crippen LogP contribution in [0.2, 0.25) is 0 Å². The lowest BCUT2D eigenvalue weighted by Crippen LogP contribution is -2.28. The van der Waals surface area contributed by atoms with Crippen molar-refractivity contribution in [3.05, 3.63) is 65.9 Å². The monoisotopic (exact) mass is 419 g/mol. The van der Waals surface area contributed by atoms with Crippen LogP contribution in [0.4, 0.5) is 0 Å². The van der Waals surface area contributed by atoms with Crippen LogP contribution in [0.5, 0.6) is 11.6 Å². The molecule has 2 atom stereocenters. The van der Waals surface area contributed by atoms with Gasteiger partial charge in [-0.3, -0.25) is 9.59 Å². The number of carbonyl (C=O) groups excluding carboxylic acids is 2. The van der Waals surface area contributed by atoms with Crippen LogP contribution in [0.1, 0.15) is 28.8 Å². The lowest BCUT2D eigenvalue weighted by molar-refractivity contribution is -0.122. The molecule has 1 aromatic heterocycles. The standard InChI is InChI=1S/C24H25N3O4/c1-30-21-14-19-16(13-20(21)22(25)28)7-9-26-24(19)31-10-8-18-12-17(23(29)27-18)11-15-5-3-2-4-6-15/h2-7,9,13-14,17-18H,8,10-12H2,1H3,(H2,25,28)(H,27,29)/t17?,18-/m1/s1. The number of hydrogen-bond acceptors (Lipinski definition) is 5. The number of methoxy groups -OCH3 is 1. The first-order chi connectivity index (χ1) is 15.0. The Bertz CT molecular complexity index is 1100. The topological polar surface area (TPSA) is 104 Å². The van der Waals surface area contributed by atoms with Crippen molar-refractivity contribution in [1.29, 1.82) is 0 Å². The van der Waals surface area contributed by atoms with Gasteiger partial charge < -0.3 is 20.5 Å². The molecule has 7 nitrogen and oxygen atoms in total. The second kappa shape index (κ2) is 9.04. The SMILES string of the molecule is COc1cc2c(OCC[C@@H]3CC(Cc4ccccc4)C(=O)N3)nccc2cc1C(N)=O. The fourth-order valence-electron chi connectivity index (χ4n) is 4.04. The van der Waals surface area contributed by atoms with Gasteiger partial charge in [0.05, 0.1) is 19.3 Å². The van der Waals surface area contributed by atoms with E-state index in [1.807, 2.05) is 30.3 Å². The average molecular weight is 419 g/mol. The highest BCUT2D eigenvalue weighted by Gasteiger charge is 2.31.